The van der Waals surface area contributed by atoms with Crippen molar-refractivity contribution in [2.24, 2.45) is 17.8 Å². The molecule has 2 heteroatoms. The fourth-order valence-electron chi connectivity index (χ4n) is 3.40. The highest BCUT2D eigenvalue weighted by molar-refractivity contribution is 4.95. The van der Waals surface area contributed by atoms with E-state index in [4.69, 9.17) is 0 Å². The molecule has 3 atom stereocenters. The Morgan fingerprint density at radius 2 is 2.11 bits per heavy atom. The SMILES string of the molecule is CCC(C)C1CCC=CC(CN2CCNCC2)C1. The van der Waals surface area contributed by atoms with Crippen molar-refractivity contribution in [3.8, 4) is 0 Å². The first-order valence-electron chi connectivity index (χ1n) is 7.89. The van der Waals surface area contributed by atoms with E-state index in [-0.39, 0.29) is 0 Å². The second kappa shape index (κ2) is 7.30. The van der Waals surface area contributed by atoms with Crippen LogP contribution in [-0.4, -0.2) is 37.6 Å². The lowest BCUT2D eigenvalue weighted by Crippen LogP contribution is -2.45. The van der Waals surface area contributed by atoms with Gasteiger partial charge in [-0.05, 0) is 37.0 Å². The first-order valence-corrected chi connectivity index (χ1v) is 7.89. The summed E-state index contributed by atoms with van der Waals surface area (Å²) in [5.74, 6) is 2.64. The largest absolute Gasteiger partial charge is 0.314 e. The van der Waals surface area contributed by atoms with Gasteiger partial charge in [0.1, 0.15) is 0 Å². The lowest BCUT2D eigenvalue weighted by molar-refractivity contribution is 0.195. The lowest BCUT2D eigenvalue weighted by atomic mass is 9.82. The molecule has 1 aliphatic carbocycles. The summed E-state index contributed by atoms with van der Waals surface area (Å²) in [6.45, 7) is 10.9. The first-order chi connectivity index (χ1) is 8.79. The molecule has 1 fully saturated rings. The van der Waals surface area contributed by atoms with Crippen LogP contribution in [0, 0.1) is 17.8 Å². The minimum absolute atomic E-state index is 0.796. The second-order valence-corrected chi connectivity index (χ2v) is 6.20. The molecular formula is C16H30N2. The highest BCUT2D eigenvalue weighted by Crippen LogP contribution is 2.31. The van der Waals surface area contributed by atoms with E-state index < -0.39 is 0 Å². The molecule has 2 nitrogen and oxygen atoms in total. The normalized spacial score (nSPS) is 32.1. The molecule has 1 saturated heterocycles. The molecule has 1 N–H and O–H groups in total. The number of nitrogens with one attached hydrogen (secondary N) is 1. The molecule has 0 spiro atoms. The number of rotatable bonds is 4. The van der Waals surface area contributed by atoms with Crippen molar-refractivity contribution in [3.63, 3.8) is 0 Å². The van der Waals surface area contributed by atoms with Gasteiger partial charge in [0.15, 0.2) is 0 Å². The van der Waals surface area contributed by atoms with Gasteiger partial charge in [-0.15, -0.1) is 0 Å². The van der Waals surface area contributed by atoms with Gasteiger partial charge in [-0.1, -0.05) is 32.4 Å². The van der Waals surface area contributed by atoms with Crippen molar-refractivity contribution in [1.82, 2.24) is 10.2 Å². The molecule has 2 aliphatic rings. The summed E-state index contributed by atoms with van der Waals surface area (Å²) in [6.07, 6.45) is 10.4. The predicted octanol–water partition coefficient (Wildman–Crippen LogP) is 2.91. The van der Waals surface area contributed by atoms with E-state index in [0.29, 0.717) is 0 Å². The Kier molecular flexibility index (Phi) is 5.71. The lowest BCUT2D eigenvalue weighted by Gasteiger charge is -2.31. The van der Waals surface area contributed by atoms with E-state index in [1.54, 1.807) is 0 Å². The van der Waals surface area contributed by atoms with Gasteiger partial charge >= 0.3 is 0 Å². The monoisotopic (exact) mass is 250 g/mol. The minimum Gasteiger partial charge on any atom is -0.314 e. The van der Waals surface area contributed by atoms with Crippen molar-refractivity contribution < 1.29 is 0 Å². The molecule has 0 aromatic heterocycles. The number of hydrogen-bond donors (Lipinski definition) is 1. The van der Waals surface area contributed by atoms with Crippen LogP contribution in [0.1, 0.15) is 39.5 Å². The van der Waals surface area contributed by atoms with E-state index in [0.717, 1.165) is 17.8 Å². The molecule has 18 heavy (non-hydrogen) atoms. The molecule has 0 aromatic carbocycles. The van der Waals surface area contributed by atoms with Gasteiger partial charge in [0.05, 0.1) is 0 Å². The average Bonchev–Trinajstić information content (AvgIpc) is 2.65. The zero-order valence-corrected chi connectivity index (χ0v) is 12.2. The highest BCUT2D eigenvalue weighted by atomic mass is 15.2. The van der Waals surface area contributed by atoms with Gasteiger partial charge in [0, 0.05) is 32.7 Å². The van der Waals surface area contributed by atoms with E-state index in [1.807, 2.05) is 0 Å². The molecule has 3 unspecified atom stereocenters. The van der Waals surface area contributed by atoms with E-state index in [9.17, 15) is 0 Å². The number of allylic oxidation sites excluding steroid dienone is 1. The maximum Gasteiger partial charge on any atom is 0.0108 e. The second-order valence-electron chi connectivity index (χ2n) is 6.20. The third-order valence-corrected chi connectivity index (χ3v) is 4.87. The molecule has 0 radical (unpaired) electrons. The van der Waals surface area contributed by atoms with Gasteiger partial charge in [-0.3, -0.25) is 0 Å². The average molecular weight is 250 g/mol. The minimum atomic E-state index is 0.796. The van der Waals surface area contributed by atoms with Crippen molar-refractivity contribution in [1.29, 1.82) is 0 Å². The summed E-state index contributed by atoms with van der Waals surface area (Å²) in [4.78, 5) is 2.64. The number of hydrogen-bond acceptors (Lipinski definition) is 2. The van der Waals surface area contributed by atoms with Crippen LogP contribution in [0.4, 0.5) is 0 Å². The third kappa shape index (κ3) is 4.10. The van der Waals surface area contributed by atoms with Crippen LogP contribution >= 0.6 is 0 Å². The molecule has 0 saturated carbocycles. The van der Waals surface area contributed by atoms with Gasteiger partial charge in [0.25, 0.3) is 0 Å². The zero-order valence-electron chi connectivity index (χ0n) is 12.2. The summed E-state index contributed by atoms with van der Waals surface area (Å²) < 4.78 is 0. The van der Waals surface area contributed by atoms with Crippen LogP contribution in [-0.2, 0) is 0 Å². The van der Waals surface area contributed by atoms with Crippen LogP contribution in [0.2, 0.25) is 0 Å². The Morgan fingerprint density at radius 3 is 2.83 bits per heavy atom. The standard InChI is InChI=1S/C16H30N2/c1-3-14(2)16-7-5-4-6-15(12-16)13-18-10-8-17-9-11-18/h4,6,14-17H,3,5,7-13H2,1-2H3. The molecule has 1 heterocycles. The Labute approximate surface area is 113 Å². The predicted molar refractivity (Wildman–Crippen MR) is 78.7 cm³/mol. The van der Waals surface area contributed by atoms with Crippen LogP contribution in [0.15, 0.2) is 12.2 Å². The van der Waals surface area contributed by atoms with Gasteiger partial charge < -0.3 is 10.2 Å². The highest BCUT2D eigenvalue weighted by Gasteiger charge is 2.23. The topological polar surface area (TPSA) is 15.3 Å². The van der Waals surface area contributed by atoms with Gasteiger partial charge in [-0.2, -0.15) is 0 Å². The summed E-state index contributed by atoms with van der Waals surface area (Å²) in [5, 5.41) is 3.44. The van der Waals surface area contributed by atoms with Crippen LogP contribution < -0.4 is 5.32 Å². The maximum atomic E-state index is 3.44. The van der Waals surface area contributed by atoms with Crippen LogP contribution in [0.5, 0.6) is 0 Å². The third-order valence-electron chi connectivity index (χ3n) is 4.87. The quantitative estimate of drug-likeness (QED) is 0.772. The van der Waals surface area contributed by atoms with Crippen molar-refractivity contribution in [2.45, 2.75) is 39.5 Å². The molecule has 2 rings (SSSR count). The van der Waals surface area contributed by atoms with E-state index >= 15 is 0 Å². The Hall–Kier alpha value is -0.340. The molecule has 0 bridgehead atoms. The number of nitrogens with zero attached hydrogens (tertiary/aromatic N) is 1. The maximum absolute atomic E-state index is 3.44. The van der Waals surface area contributed by atoms with Gasteiger partial charge in [0.2, 0.25) is 0 Å². The van der Waals surface area contributed by atoms with Crippen molar-refractivity contribution in [3.05, 3.63) is 12.2 Å². The molecule has 0 aromatic rings. The fourth-order valence-corrected chi connectivity index (χ4v) is 3.40. The molecular weight excluding hydrogens is 220 g/mol. The fraction of sp³-hybridized carbons (Fsp3) is 0.875. The van der Waals surface area contributed by atoms with Gasteiger partial charge in [-0.25, -0.2) is 0 Å². The Morgan fingerprint density at radius 1 is 1.33 bits per heavy atom. The van der Waals surface area contributed by atoms with Crippen molar-refractivity contribution >= 4 is 0 Å². The summed E-state index contributed by atoms with van der Waals surface area (Å²) in [6, 6.07) is 0. The summed E-state index contributed by atoms with van der Waals surface area (Å²) >= 11 is 0. The van der Waals surface area contributed by atoms with E-state index in [2.05, 4.69) is 36.2 Å². The summed E-state index contributed by atoms with van der Waals surface area (Å²) in [7, 11) is 0. The Bertz CT molecular complexity index is 256. The van der Waals surface area contributed by atoms with E-state index in [1.165, 1.54) is 58.4 Å². The molecule has 1 aliphatic heterocycles. The van der Waals surface area contributed by atoms with Crippen LogP contribution in [0.25, 0.3) is 0 Å². The Balaban J connectivity index is 1.85. The molecule has 0 amide bonds. The van der Waals surface area contributed by atoms with Crippen molar-refractivity contribution in [2.75, 3.05) is 32.7 Å². The zero-order chi connectivity index (χ0) is 12.8. The first kappa shape index (κ1) is 14.1. The smallest absolute Gasteiger partial charge is 0.0108 e. The van der Waals surface area contributed by atoms with Crippen LogP contribution in [0.3, 0.4) is 0 Å². The number of piperazine rings is 1. The summed E-state index contributed by atoms with van der Waals surface area (Å²) in [5.41, 5.74) is 0. The molecule has 104 valence electrons.